The van der Waals surface area contributed by atoms with Crippen LogP contribution in [0, 0.1) is 0 Å². The largest absolute Gasteiger partial charge is 0.478 e. The van der Waals surface area contributed by atoms with Gasteiger partial charge in [0.25, 0.3) is 0 Å². The lowest BCUT2D eigenvalue weighted by molar-refractivity contribution is 0.0698. The number of anilines is 2. The average Bonchev–Trinajstić information content (AvgIpc) is 2.28. The fourth-order valence-corrected chi connectivity index (χ4v) is 2.33. The smallest absolute Gasteiger partial charge is 0.336 e. The highest BCUT2D eigenvalue weighted by Crippen LogP contribution is 2.33. The van der Waals surface area contributed by atoms with Crippen LogP contribution in [0.15, 0.2) is 40.9 Å². The molecule has 0 atom stereocenters. The minimum Gasteiger partial charge on any atom is -0.478 e. The van der Waals surface area contributed by atoms with E-state index in [9.17, 15) is 9.90 Å². The number of nitrogen functional groups attached to an aromatic ring is 2. The Morgan fingerprint density at radius 2 is 1.61 bits per heavy atom. The Labute approximate surface area is 112 Å². The van der Waals surface area contributed by atoms with Crippen molar-refractivity contribution in [2.24, 2.45) is 0 Å². The summed E-state index contributed by atoms with van der Waals surface area (Å²) in [5.41, 5.74) is 14.0. The molecule has 0 aliphatic carbocycles. The van der Waals surface area contributed by atoms with Crippen LogP contribution in [0.25, 0.3) is 11.1 Å². The number of carbonyl (C=O) groups is 1. The summed E-state index contributed by atoms with van der Waals surface area (Å²) in [6.07, 6.45) is 0. The molecule has 2 aromatic carbocycles. The zero-order valence-electron chi connectivity index (χ0n) is 9.35. The van der Waals surface area contributed by atoms with Gasteiger partial charge in [-0.25, -0.2) is 4.79 Å². The molecule has 2 aromatic rings. The number of hydrogen-bond acceptors (Lipinski definition) is 3. The molecule has 0 saturated carbocycles. The van der Waals surface area contributed by atoms with E-state index in [1.54, 1.807) is 30.3 Å². The molecule has 0 fully saturated rings. The van der Waals surface area contributed by atoms with Gasteiger partial charge in [-0.05, 0) is 41.5 Å². The standard InChI is InChI=1S/C13H11BrN2O2/c14-12-6-8(16)1-3-9(12)11-5-7(15)2-4-10(11)13(17)18/h1-6H,15-16H2,(H,17,18). The fraction of sp³-hybridized carbons (Fsp3) is 0. The average molecular weight is 307 g/mol. The van der Waals surface area contributed by atoms with E-state index in [4.69, 9.17) is 11.5 Å². The zero-order valence-corrected chi connectivity index (χ0v) is 10.9. The van der Waals surface area contributed by atoms with Crippen molar-refractivity contribution in [3.63, 3.8) is 0 Å². The van der Waals surface area contributed by atoms with Crippen LogP contribution in [0.2, 0.25) is 0 Å². The molecule has 0 aliphatic rings. The van der Waals surface area contributed by atoms with Crippen molar-refractivity contribution >= 4 is 33.3 Å². The first-order valence-electron chi connectivity index (χ1n) is 5.17. The van der Waals surface area contributed by atoms with Gasteiger partial charge in [0.15, 0.2) is 0 Å². The summed E-state index contributed by atoms with van der Waals surface area (Å²) in [4.78, 5) is 11.2. The van der Waals surface area contributed by atoms with Gasteiger partial charge in [-0.3, -0.25) is 0 Å². The van der Waals surface area contributed by atoms with Gasteiger partial charge in [0, 0.05) is 15.8 Å². The van der Waals surface area contributed by atoms with Gasteiger partial charge in [0.1, 0.15) is 0 Å². The molecule has 0 bridgehead atoms. The highest BCUT2D eigenvalue weighted by atomic mass is 79.9. The second-order valence-electron chi connectivity index (χ2n) is 3.85. The molecule has 2 rings (SSSR count). The highest BCUT2D eigenvalue weighted by Gasteiger charge is 2.14. The van der Waals surface area contributed by atoms with Crippen molar-refractivity contribution in [2.75, 3.05) is 11.5 Å². The van der Waals surface area contributed by atoms with E-state index in [2.05, 4.69) is 15.9 Å². The Morgan fingerprint density at radius 3 is 2.22 bits per heavy atom. The third kappa shape index (κ3) is 2.31. The maximum Gasteiger partial charge on any atom is 0.336 e. The quantitative estimate of drug-likeness (QED) is 0.744. The predicted molar refractivity (Wildman–Crippen MR) is 75.4 cm³/mol. The molecule has 5 heteroatoms. The Hall–Kier alpha value is -2.01. The van der Waals surface area contributed by atoms with Crippen LogP contribution in [-0.4, -0.2) is 11.1 Å². The summed E-state index contributed by atoms with van der Waals surface area (Å²) >= 11 is 3.38. The van der Waals surface area contributed by atoms with Gasteiger partial charge >= 0.3 is 5.97 Å². The van der Waals surface area contributed by atoms with Gasteiger partial charge in [-0.1, -0.05) is 22.0 Å². The van der Waals surface area contributed by atoms with Crippen LogP contribution in [0.4, 0.5) is 11.4 Å². The molecule has 4 nitrogen and oxygen atoms in total. The Morgan fingerprint density at radius 1 is 1.00 bits per heavy atom. The van der Waals surface area contributed by atoms with Gasteiger partial charge in [-0.15, -0.1) is 0 Å². The summed E-state index contributed by atoms with van der Waals surface area (Å²) in [6, 6.07) is 9.91. The molecule has 0 heterocycles. The second kappa shape index (κ2) is 4.70. The monoisotopic (exact) mass is 306 g/mol. The van der Waals surface area contributed by atoms with Crippen LogP contribution >= 0.6 is 15.9 Å². The maximum atomic E-state index is 11.2. The van der Waals surface area contributed by atoms with Crippen molar-refractivity contribution in [3.05, 3.63) is 46.4 Å². The lowest BCUT2D eigenvalue weighted by Crippen LogP contribution is -2.01. The summed E-state index contributed by atoms with van der Waals surface area (Å²) in [6.45, 7) is 0. The van der Waals surface area contributed by atoms with E-state index in [0.717, 1.165) is 10.0 Å². The van der Waals surface area contributed by atoms with Crippen molar-refractivity contribution in [1.29, 1.82) is 0 Å². The van der Waals surface area contributed by atoms with Crippen LogP contribution in [-0.2, 0) is 0 Å². The summed E-state index contributed by atoms with van der Waals surface area (Å²) in [5, 5.41) is 9.18. The molecule has 0 unspecified atom stereocenters. The van der Waals surface area contributed by atoms with Gasteiger partial charge < -0.3 is 16.6 Å². The molecular formula is C13H11BrN2O2. The first kappa shape index (κ1) is 12.4. The molecule has 0 aliphatic heterocycles. The highest BCUT2D eigenvalue weighted by molar-refractivity contribution is 9.10. The molecule has 5 N–H and O–H groups in total. The molecule has 92 valence electrons. The van der Waals surface area contributed by atoms with Crippen LogP contribution in [0.1, 0.15) is 10.4 Å². The zero-order chi connectivity index (χ0) is 13.3. The third-order valence-electron chi connectivity index (χ3n) is 2.56. The van der Waals surface area contributed by atoms with Crippen molar-refractivity contribution < 1.29 is 9.90 Å². The number of rotatable bonds is 2. The molecule has 0 amide bonds. The number of halogens is 1. The number of carboxylic acid groups (broad SMARTS) is 1. The topological polar surface area (TPSA) is 89.3 Å². The lowest BCUT2D eigenvalue weighted by Gasteiger charge is -2.10. The maximum absolute atomic E-state index is 11.2. The van der Waals surface area contributed by atoms with E-state index >= 15 is 0 Å². The number of nitrogens with two attached hydrogens (primary N) is 2. The molecule has 0 saturated heterocycles. The Kier molecular flexibility index (Phi) is 3.25. The van der Waals surface area contributed by atoms with E-state index < -0.39 is 5.97 Å². The molecule has 18 heavy (non-hydrogen) atoms. The third-order valence-corrected chi connectivity index (χ3v) is 3.21. The van der Waals surface area contributed by atoms with Crippen LogP contribution in [0.3, 0.4) is 0 Å². The summed E-state index contributed by atoms with van der Waals surface area (Å²) in [5.74, 6) is -0.992. The molecule has 0 spiro atoms. The normalized spacial score (nSPS) is 10.3. The van der Waals surface area contributed by atoms with Crippen molar-refractivity contribution in [3.8, 4) is 11.1 Å². The fourth-order valence-electron chi connectivity index (χ4n) is 1.72. The minimum absolute atomic E-state index is 0.203. The SMILES string of the molecule is Nc1ccc(-c2cc(N)ccc2C(=O)O)c(Br)c1. The van der Waals surface area contributed by atoms with Gasteiger partial charge in [0.2, 0.25) is 0 Å². The van der Waals surface area contributed by atoms with Crippen molar-refractivity contribution in [2.45, 2.75) is 0 Å². The summed E-state index contributed by atoms with van der Waals surface area (Å²) < 4.78 is 0.732. The number of hydrogen-bond donors (Lipinski definition) is 3. The Balaban J connectivity index is 2.69. The molecule has 0 aromatic heterocycles. The van der Waals surface area contributed by atoms with Crippen LogP contribution in [0.5, 0.6) is 0 Å². The van der Waals surface area contributed by atoms with E-state index in [1.807, 2.05) is 0 Å². The summed E-state index contributed by atoms with van der Waals surface area (Å²) in [7, 11) is 0. The first-order valence-corrected chi connectivity index (χ1v) is 5.96. The van der Waals surface area contributed by atoms with E-state index in [1.165, 1.54) is 6.07 Å². The number of carboxylic acids is 1. The van der Waals surface area contributed by atoms with Gasteiger partial charge in [0.05, 0.1) is 5.56 Å². The second-order valence-corrected chi connectivity index (χ2v) is 4.70. The Bertz CT molecular complexity index is 626. The minimum atomic E-state index is -0.992. The lowest BCUT2D eigenvalue weighted by atomic mass is 9.99. The van der Waals surface area contributed by atoms with E-state index in [0.29, 0.717) is 16.9 Å². The van der Waals surface area contributed by atoms with Crippen LogP contribution < -0.4 is 11.5 Å². The predicted octanol–water partition coefficient (Wildman–Crippen LogP) is 2.98. The number of benzene rings is 2. The first-order chi connectivity index (χ1) is 8.49. The van der Waals surface area contributed by atoms with E-state index in [-0.39, 0.29) is 5.56 Å². The molecule has 0 radical (unpaired) electrons. The number of aromatic carboxylic acids is 1. The van der Waals surface area contributed by atoms with Gasteiger partial charge in [-0.2, -0.15) is 0 Å². The molecular weight excluding hydrogens is 296 g/mol. The van der Waals surface area contributed by atoms with Crippen molar-refractivity contribution in [1.82, 2.24) is 0 Å².